The molecule has 0 saturated heterocycles. The summed E-state index contributed by atoms with van der Waals surface area (Å²) in [5.74, 6) is -0.327. The Morgan fingerprint density at radius 2 is 2.26 bits per heavy atom. The molecule has 0 unspecified atom stereocenters. The van der Waals surface area contributed by atoms with Crippen LogP contribution in [0.15, 0.2) is 18.2 Å². The Balaban J connectivity index is 2.03. The predicted molar refractivity (Wildman–Crippen MR) is 71.7 cm³/mol. The Morgan fingerprint density at radius 3 is 3.00 bits per heavy atom. The third-order valence-electron chi connectivity index (χ3n) is 3.19. The largest absolute Gasteiger partial charge is 0.466 e. The maximum Gasteiger partial charge on any atom is 0.307 e. The standard InChI is InChI=1S/C14H18N2O3/c1-2-19-13(17)6-8-16-7-5-10-3-4-11(15)9-12(10)14(16)18/h3-4,9H,2,5-8,15H2,1H3. The first-order chi connectivity index (χ1) is 9.11. The van der Waals surface area contributed by atoms with Crippen LogP contribution in [0.3, 0.4) is 0 Å². The molecule has 2 rings (SSSR count). The molecule has 5 heteroatoms. The lowest BCUT2D eigenvalue weighted by atomic mass is 9.98. The summed E-state index contributed by atoms with van der Waals surface area (Å²) in [7, 11) is 0. The van der Waals surface area contributed by atoms with Gasteiger partial charge in [-0.25, -0.2) is 0 Å². The number of hydrogen-bond acceptors (Lipinski definition) is 4. The van der Waals surface area contributed by atoms with E-state index in [0.29, 0.717) is 30.9 Å². The number of benzene rings is 1. The van der Waals surface area contributed by atoms with Gasteiger partial charge in [-0.2, -0.15) is 0 Å². The SMILES string of the molecule is CCOC(=O)CCN1CCc2ccc(N)cc2C1=O. The van der Waals surface area contributed by atoms with Crippen LogP contribution in [-0.4, -0.2) is 36.5 Å². The molecule has 1 aromatic rings. The number of hydrogen-bond donors (Lipinski definition) is 1. The molecule has 102 valence electrons. The predicted octanol–water partition coefficient (Wildman–Crippen LogP) is 1.22. The van der Waals surface area contributed by atoms with E-state index in [2.05, 4.69) is 0 Å². The van der Waals surface area contributed by atoms with Crippen LogP contribution in [0.4, 0.5) is 5.69 Å². The van der Waals surface area contributed by atoms with Gasteiger partial charge in [0.15, 0.2) is 0 Å². The number of anilines is 1. The summed E-state index contributed by atoms with van der Waals surface area (Å²) >= 11 is 0. The molecule has 0 spiro atoms. The van der Waals surface area contributed by atoms with Crippen LogP contribution in [0.5, 0.6) is 0 Å². The number of carbonyl (C=O) groups is 2. The van der Waals surface area contributed by atoms with E-state index in [1.807, 2.05) is 6.07 Å². The molecule has 1 amide bonds. The Morgan fingerprint density at radius 1 is 1.47 bits per heavy atom. The number of fused-ring (bicyclic) bond motifs is 1. The van der Waals surface area contributed by atoms with Crippen LogP contribution in [0.1, 0.15) is 29.3 Å². The van der Waals surface area contributed by atoms with Gasteiger partial charge in [0, 0.05) is 24.3 Å². The second-order valence-electron chi connectivity index (χ2n) is 4.51. The molecular weight excluding hydrogens is 244 g/mol. The molecule has 1 aromatic carbocycles. The van der Waals surface area contributed by atoms with Gasteiger partial charge >= 0.3 is 5.97 Å². The van der Waals surface area contributed by atoms with Gasteiger partial charge in [0.1, 0.15) is 0 Å². The van der Waals surface area contributed by atoms with Crippen LogP contribution in [0.2, 0.25) is 0 Å². The number of ether oxygens (including phenoxy) is 1. The number of amides is 1. The lowest BCUT2D eigenvalue weighted by molar-refractivity contribution is -0.143. The molecule has 0 atom stereocenters. The maximum absolute atomic E-state index is 12.3. The number of rotatable bonds is 4. The summed E-state index contributed by atoms with van der Waals surface area (Å²) in [6.07, 6.45) is 1.03. The van der Waals surface area contributed by atoms with Crippen molar-refractivity contribution in [2.45, 2.75) is 19.8 Å². The van der Waals surface area contributed by atoms with Gasteiger partial charge in [-0.05, 0) is 31.0 Å². The van der Waals surface area contributed by atoms with Crippen LogP contribution in [0, 0.1) is 0 Å². The van der Waals surface area contributed by atoms with E-state index in [9.17, 15) is 9.59 Å². The first-order valence-electron chi connectivity index (χ1n) is 6.45. The summed E-state index contributed by atoms with van der Waals surface area (Å²) in [5.41, 5.74) is 7.96. The molecule has 2 N–H and O–H groups in total. The third kappa shape index (κ3) is 3.05. The molecule has 0 fully saturated rings. The van der Waals surface area contributed by atoms with Crippen LogP contribution in [-0.2, 0) is 16.0 Å². The lowest BCUT2D eigenvalue weighted by Gasteiger charge is -2.28. The van der Waals surface area contributed by atoms with Crippen LogP contribution in [0.25, 0.3) is 0 Å². The molecule has 1 aliphatic rings. The molecule has 19 heavy (non-hydrogen) atoms. The quantitative estimate of drug-likeness (QED) is 0.654. The van der Waals surface area contributed by atoms with Crippen molar-refractivity contribution in [2.24, 2.45) is 0 Å². The number of nitrogen functional groups attached to an aromatic ring is 1. The van der Waals surface area contributed by atoms with Gasteiger partial charge in [0.25, 0.3) is 5.91 Å². The highest BCUT2D eigenvalue weighted by atomic mass is 16.5. The van der Waals surface area contributed by atoms with Crippen molar-refractivity contribution in [3.05, 3.63) is 29.3 Å². The fraction of sp³-hybridized carbons (Fsp3) is 0.429. The Kier molecular flexibility index (Phi) is 4.04. The minimum atomic E-state index is -0.270. The first kappa shape index (κ1) is 13.4. The summed E-state index contributed by atoms with van der Waals surface area (Å²) in [6.45, 7) is 3.16. The van der Waals surface area contributed by atoms with Crippen molar-refractivity contribution in [1.82, 2.24) is 4.90 Å². The zero-order valence-electron chi connectivity index (χ0n) is 11.0. The van der Waals surface area contributed by atoms with E-state index in [0.717, 1.165) is 12.0 Å². The second-order valence-corrected chi connectivity index (χ2v) is 4.51. The Labute approximate surface area is 112 Å². The van der Waals surface area contributed by atoms with Gasteiger partial charge in [0.05, 0.1) is 13.0 Å². The van der Waals surface area contributed by atoms with Gasteiger partial charge in [-0.15, -0.1) is 0 Å². The van der Waals surface area contributed by atoms with E-state index in [-0.39, 0.29) is 18.3 Å². The van der Waals surface area contributed by atoms with E-state index in [1.165, 1.54) is 0 Å². The summed E-state index contributed by atoms with van der Waals surface area (Å²) < 4.78 is 4.86. The third-order valence-corrected chi connectivity index (χ3v) is 3.19. The average molecular weight is 262 g/mol. The maximum atomic E-state index is 12.3. The van der Waals surface area contributed by atoms with Crippen LogP contribution >= 0.6 is 0 Å². The lowest BCUT2D eigenvalue weighted by Crippen LogP contribution is -2.39. The molecule has 1 aliphatic heterocycles. The van der Waals surface area contributed by atoms with Crippen molar-refractivity contribution in [3.63, 3.8) is 0 Å². The molecule has 5 nitrogen and oxygen atoms in total. The second kappa shape index (κ2) is 5.73. The van der Waals surface area contributed by atoms with E-state index < -0.39 is 0 Å². The van der Waals surface area contributed by atoms with Gasteiger partial charge in [-0.1, -0.05) is 6.07 Å². The number of nitrogens with two attached hydrogens (primary N) is 1. The smallest absolute Gasteiger partial charge is 0.307 e. The molecule has 0 aromatic heterocycles. The highest BCUT2D eigenvalue weighted by molar-refractivity contribution is 5.97. The summed E-state index contributed by atoms with van der Waals surface area (Å²) in [4.78, 5) is 25.2. The van der Waals surface area contributed by atoms with Gasteiger partial charge in [0.2, 0.25) is 0 Å². The van der Waals surface area contributed by atoms with Gasteiger partial charge in [-0.3, -0.25) is 9.59 Å². The molecule has 0 bridgehead atoms. The zero-order chi connectivity index (χ0) is 13.8. The van der Waals surface area contributed by atoms with Crippen molar-refractivity contribution in [1.29, 1.82) is 0 Å². The highest BCUT2D eigenvalue weighted by Crippen LogP contribution is 2.21. The molecule has 1 heterocycles. The minimum absolute atomic E-state index is 0.0575. The summed E-state index contributed by atoms with van der Waals surface area (Å²) in [5, 5.41) is 0. The molecule has 0 radical (unpaired) electrons. The Hall–Kier alpha value is -2.04. The van der Waals surface area contributed by atoms with E-state index >= 15 is 0 Å². The van der Waals surface area contributed by atoms with Crippen LogP contribution < -0.4 is 5.73 Å². The highest BCUT2D eigenvalue weighted by Gasteiger charge is 2.24. The first-order valence-corrected chi connectivity index (χ1v) is 6.45. The monoisotopic (exact) mass is 262 g/mol. The zero-order valence-corrected chi connectivity index (χ0v) is 11.0. The normalized spacial score (nSPS) is 14.2. The minimum Gasteiger partial charge on any atom is -0.466 e. The van der Waals surface area contributed by atoms with Gasteiger partial charge < -0.3 is 15.4 Å². The average Bonchev–Trinajstić information content (AvgIpc) is 2.39. The van der Waals surface area contributed by atoms with E-state index in [1.54, 1.807) is 24.0 Å². The molecular formula is C14H18N2O3. The van der Waals surface area contributed by atoms with Crippen molar-refractivity contribution >= 4 is 17.6 Å². The summed E-state index contributed by atoms with van der Waals surface area (Å²) in [6, 6.07) is 5.40. The fourth-order valence-electron chi connectivity index (χ4n) is 2.21. The van der Waals surface area contributed by atoms with E-state index in [4.69, 9.17) is 10.5 Å². The number of nitrogens with zero attached hydrogens (tertiary/aromatic N) is 1. The topological polar surface area (TPSA) is 72.6 Å². The number of carbonyl (C=O) groups excluding carboxylic acids is 2. The van der Waals surface area contributed by atoms with Crippen molar-refractivity contribution < 1.29 is 14.3 Å². The number of esters is 1. The molecule has 0 aliphatic carbocycles. The Bertz CT molecular complexity index is 499. The van der Waals surface area contributed by atoms with Crippen molar-refractivity contribution in [2.75, 3.05) is 25.4 Å². The molecule has 0 saturated carbocycles. The van der Waals surface area contributed by atoms with Crippen molar-refractivity contribution in [3.8, 4) is 0 Å². The fourth-order valence-corrected chi connectivity index (χ4v) is 2.21.